The van der Waals surface area contributed by atoms with Gasteiger partial charge in [-0.25, -0.2) is 18.4 Å². The maximum atomic E-state index is 12.5. The predicted octanol–water partition coefficient (Wildman–Crippen LogP) is 3.32. The summed E-state index contributed by atoms with van der Waals surface area (Å²) in [6, 6.07) is 10.1. The summed E-state index contributed by atoms with van der Waals surface area (Å²) in [5.41, 5.74) is 3.10. The van der Waals surface area contributed by atoms with E-state index in [-0.39, 0.29) is 10.9 Å². The summed E-state index contributed by atoms with van der Waals surface area (Å²) in [7, 11) is -1.37. The molecule has 28 heavy (non-hydrogen) atoms. The molecule has 0 N–H and O–H groups in total. The Labute approximate surface area is 170 Å². The summed E-state index contributed by atoms with van der Waals surface area (Å²) in [5, 5.41) is 3.28. The molecule has 2 aromatic heterocycles. The number of aryl methyl sites for hydroxylation is 2. The molecule has 1 aromatic carbocycles. The molecular weight excluding hydrogens is 392 g/mol. The van der Waals surface area contributed by atoms with Gasteiger partial charge in [0.1, 0.15) is 0 Å². The molecule has 0 fully saturated rings. The molecule has 0 atom stereocenters. The summed E-state index contributed by atoms with van der Waals surface area (Å²) in [4.78, 5) is 10.9. The van der Waals surface area contributed by atoms with Crippen LogP contribution in [0.3, 0.4) is 0 Å². The van der Waals surface area contributed by atoms with Crippen LogP contribution in [0.5, 0.6) is 0 Å². The van der Waals surface area contributed by atoms with Crippen LogP contribution >= 0.6 is 11.3 Å². The Kier molecular flexibility index (Phi) is 6.64. The number of aromatic nitrogens is 3. The summed E-state index contributed by atoms with van der Waals surface area (Å²) in [6.07, 6.45) is 2.45. The first kappa shape index (κ1) is 20.7. The second-order valence-electron chi connectivity index (χ2n) is 6.85. The lowest BCUT2D eigenvalue weighted by Gasteiger charge is -2.18. The number of hydrogen-bond acceptors (Lipinski definition) is 6. The number of benzene rings is 1. The van der Waals surface area contributed by atoms with E-state index >= 15 is 0 Å². The molecule has 6 nitrogen and oxygen atoms in total. The van der Waals surface area contributed by atoms with Crippen LogP contribution in [-0.4, -0.2) is 40.7 Å². The van der Waals surface area contributed by atoms with Gasteiger partial charge in [-0.3, -0.25) is 4.90 Å². The van der Waals surface area contributed by atoms with Crippen molar-refractivity contribution in [3.05, 3.63) is 63.9 Å². The average Bonchev–Trinajstić information content (AvgIpc) is 3.27. The second kappa shape index (κ2) is 8.98. The Hall–Kier alpha value is -2.03. The third-order valence-electron chi connectivity index (χ3n) is 4.56. The van der Waals surface area contributed by atoms with Crippen LogP contribution in [0.2, 0.25) is 0 Å². The maximum Gasteiger partial charge on any atom is 0.227 e. The van der Waals surface area contributed by atoms with Gasteiger partial charge in [-0.2, -0.15) is 0 Å². The van der Waals surface area contributed by atoms with Gasteiger partial charge in [0.2, 0.25) is 15.0 Å². The van der Waals surface area contributed by atoms with Crippen LogP contribution in [0.15, 0.2) is 47.1 Å². The molecule has 0 spiro atoms. The van der Waals surface area contributed by atoms with Crippen molar-refractivity contribution < 1.29 is 8.42 Å². The Bertz CT molecular complexity index is 1010. The standard InChI is InChI=1S/C20H26N4O2S2/c1-4-28(25,26)20-21-12-19(14-23(3)13-18-15-27-16(2)22-18)24(20)11-10-17-8-6-5-7-9-17/h5-9,12,15H,4,10-11,13-14H2,1-3H3. The van der Waals surface area contributed by atoms with Crippen LogP contribution in [0.25, 0.3) is 0 Å². The number of hydrogen-bond donors (Lipinski definition) is 0. The van der Waals surface area contributed by atoms with Crippen molar-refractivity contribution in [2.45, 2.75) is 45.1 Å². The normalized spacial score (nSPS) is 12.0. The van der Waals surface area contributed by atoms with E-state index in [1.807, 2.05) is 36.7 Å². The number of sulfone groups is 1. The van der Waals surface area contributed by atoms with Crippen LogP contribution in [-0.2, 0) is 35.9 Å². The van der Waals surface area contributed by atoms with Crippen LogP contribution in [0, 0.1) is 6.92 Å². The average molecular weight is 419 g/mol. The molecule has 0 unspecified atom stereocenters. The summed E-state index contributed by atoms with van der Waals surface area (Å²) in [6.45, 7) is 5.55. The monoisotopic (exact) mass is 418 g/mol. The van der Waals surface area contributed by atoms with Crippen molar-refractivity contribution in [3.63, 3.8) is 0 Å². The lowest BCUT2D eigenvalue weighted by Crippen LogP contribution is -2.22. The minimum atomic E-state index is -3.38. The smallest absolute Gasteiger partial charge is 0.227 e. The molecular formula is C20H26N4O2S2. The summed E-state index contributed by atoms with van der Waals surface area (Å²) < 4.78 is 26.9. The second-order valence-corrected chi connectivity index (χ2v) is 10.1. The van der Waals surface area contributed by atoms with E-state index in [1.54, 1.807) is 24.5 Å². The zero-order chi connectivity index (χ0) is 20.1. The van der Waals surface area contributed by atoms with Crippen molar-refractivity contribution in [2.75, 3.05) is 12.8 Å². The first-order chi connectivity index (χ1) is 13.4. The fraction of sp³-hybridized carbons (Fsp3) is 0.400. The largest absolute Gasteiger partial charge is 0.317 e. The van der Waals surface area contributed by atoms with E-state index in [4.69, 9.17) is 0 Å². The topological polar surface area (TPSA) is 68.1 Å². The predicted molar refractivity (Wildman–Crippen MR) is 112 cm³/mol. The van der Waals surface area contributed by atoms with E-state index in [9.17, 15) is 8.42 Å². The number of nitrogens with zero attached hydrogens (tertiary/aromatic N) is 4. The first-order valence-corrected chi connectivity index (χ1v) is 11.8. The third-order valence-corrected chi connectivity index (χ3v) is 7.02. The first-order valence-electron chi connectivity index (χ1n) is 9.29. The summed E-state index contributed by atoms with van der Waals surface area (Å²) >= 11 is 1.64. The van der Waals surface area contributed by atoms with E-state index in [0.717, 1.165) is 22.8 Å². The zero-order valence-electron chi connectivity index (χ0n) is 16.5. The van der Waals surface area contributed by atoms with Gasteiger partial charge in [0, 0.05) is 25.0 Å². The van der Waals surface area contributed by atoms with E-state index < -0.39 is 9.84 Å². The minimum Gasteiger partial charge on any atom is -0.317 e. The van der Waals surface area contributed by atoms with Gasteiger partial charge in [-0.1, -0.05) is 37.3 Å². The lowest BCUT2D eigenvalue weighted by atomic mass is 10.1. The molecule has 0 saturated heterocycles. The number of thiazole rings is 1. The quantitative estimate of drug-likeness (QED) is 0.533. The number of imidazole rings is 1. The van der Waals surface area contributed by atoms with Gasteiger partial charge in [-0.05, 0) is 26.0 Å². The van der Waals surface area contributed by atoms with Crippen molar-refractivity contribution in [2.24, 2.45) is 0 Å². The van der Waals surface area contributed by atoms with Gasteiger partial charge in [0.15, 0.2) is 0 Å². The highest BCUT2D eigenvalue weighted by Gasteiger charge is 2.22. The van der Waals surface area contributed by atoms with Crippen molar-refractivity contribution >= 4 is 21.2 Å². The van der Waals surface area contributed by atoms with Crippen LogP contribution < -0.4 is 0 Å². The molecule has 0 radical (unpaired) electrons. The highest BCUT2D eigenvalue weighted by molar-refractivity contribution is 7.91. The molecule has 3 rings (SSSR count). The van der Waals surface area contributed by atoms with Gasteiger partial charge in [0.25, 0.3) is 0 Å². The fourth-order valence-corrected chi connectivity index (χ4v) is 4.73. The van der Waals surface area contributed by atoms with Crippen LogP contribution in [0.1, 0.15) is 28.9 Å². The van der Waals surface area contributed by atoms with Crippen molar-refractivity contribution in [3.8, 4) is 0 Å². The molecule has 8 heteroatoms. The van der Waals surface area contributed by atoms with Crippen molar-refractivity contribution in [1.82, 2.24) is 19.4 Å². The molecule has 150 valence electrons. The number of rotatable bonds is 9. The molecule has 0 aliphatic rings. The summed E-state index contributed by atoms with van der Waals surface area (Å²) in [5.74, 6) is 0.0444. The molecule has 0 amide bonds. The minimum absolute atomic E-state index is 0.0444. The maximum absolute atomic E-state index is 12.5. The fourth-order valence-electron chi connectivity index (χ4n) is 3.11. The Morgan fingerprint density at radius 3 is 2.57 bits per heavy atom. The van der Waals surface area contributed by atoms with E-state index in [1.165, 1.54) is 5.56 Å². The third kappa shape index (κ3) is 5.06. The van der Waals surface area contributed by atoms with Gasteiger partial charge in [0.05, 0.1) is 28.3 Å². The molecule has 0 aliphatic carbocycles. The van der Waals surface area contributed by atoms with Gasteiger partial charge < -0.3 is 4.57 Å². The molecule has 2 heterocycles. The molecule has 0 bridgehead atoms. The highest BCUT2D eigenvalue weighted by atomic mass is 32.2. The van der Waals surface area contributed by atoms with Crippen molar-refractivity contribution in [1.29, 1.82) is 0 Å². The Morgan fingerprint density at radius 1 is 1.18 bits per heavy atom. The zero-order valence-corrected chi connectivity index (χ0v) is 18.1. The van der Waals surface area contributed by atoms with Gasteiger partial charge in [-0.15, -0.1) is 11.3 Å². The lowest BCUT2D eigenvalue weighted by molar-refractivity contribution is 0.304. The van der Waals surface area contributed by atoms with Crippen LogP contribution in [0.4, 0.5) is 0 Å². The Balaban J connectivity index is 1.81. The van der Waals surface area contributed by atoms with E-state index in [0.29, 0.717) is 19.6 Å². The molecule has 0 saturated carbocycles. The van der Waals surface area contributed by atoms with Gasteiger partial charge >= 0.3 is 0 Å². The SMILES string of the molecule is CCS(=O)(=O)c1ncc(CN(C)Cc2csc(C)n2)n1CCc1ccccc1. The molecule has 0 aliphatic heterocycles. The Morgan fingerprint density at radius 2 is 1.93 bits per heavy atom. The molecule has 3 aromatic rings. The highest BCUT2D eigenvalue weighted by Crippen LogP contribution is 2.17. The van der Waals surface area contributed by atoms with E-state index in [2.05, 4.69) is 32.4 Å².